The Morgan fingerprint density at radius 3 is 2.36 bits per heavy atom. The second-order valence-electron chi connectivity index (χ2n) is 4.03. The zero-order valence-corrected chi connectivity index (χ0v) is 12.5. The van der Waals surface area contributed by atoms with Crippen LogP contribution < -0.4 is 4.74 Å². The van der Waals surface area contributed by atoms with E-state index in [9.17, 15) is 13.2 Å². The van der Waals surface area contributed by atoms with E-state index in [4.69, 9.17) is 27.9 Å². The SMILES string of the molecule is COOCc1cc(Oc2c(Cl)cc(C(F)(F)F)cc2Cl)n[nH]1. The van der Waals surface area contributed by atoms with Gasteiger partial charge in [-0.15, -0.1) is 5.10 Å². The number of nitrogens with zero attached hydrogens (tertiary/aromatic N) is 1. The van der Waals surface area contributed by atoms with Gasteiger partial charge in [0.1, 0.15) is 6.61 Å². The van der Waals surface area contributed by atoms with E-state index in [2.05, 4.69) is 20.0 Å². The summed E-state index contributed by atoms with van der Waals surface area (Å²) >= 11 is 11.6. The summed E-state index contributed by atoms with van der Waals surface area (Å²) in [6.07, 6.45) is -4.55. The topological polar surface area (TPSA) is 56.4 Å². The van der Waals surface area contributed by atoms with Crippen molar-refractivity contribution in [2.45, 2.75) is 12.8 Å². The standard InChI is InChI=1S/C12H9Cl2F3N2O3/c1-20-21-5-7-4-10(19-18-7)22-11-8(13)2-6(3-9(11)14)12(15,16)17/h2-4H,5H2,1H3,(H,18,19). The molecule has 1 N–H and O–H groups in total. The Morgan fingerprint density at radius 1 is 1.18 bits per heavy atom. The van der Waals surface area contributed by atoms with E-state index in [1.54, 1.807) is 0 Å². The Hall–Kier alpha value is -1.48. The summed E-state index contributed by atoms with van der Waals surface area (Å²) in [5.41, 5.74) is -0.443. The molecule has 1 aromatic carbocycles. The van der Waals surface area contributed by atoms with Crippen molar-refractivity contribution in [1.29, 1.82) is 0 Å². The van der Waals surface area contributed by atoms with Crippen LogP contribution in [0, 0.1) is 0 Å². The molecule has 120 valence electrons. The first-order chi connectivity index (χ1) is 10.3. The summed E-state index contributed by atoms with van der Waals surface area (Å²) in [5.74, 6) is -0.0553. The Bertz CT molecular complexity index is 638. The second-order valence-corrected chi connectivity index (χ2v) is 4.84. The van der Waals surface area contributed by atoms with Crippen LogP contribution in [0.1, 0.15) is 11.3 Å². The second kappa shape index (κ2) is 6.74. The van der Waals surface area contributed by atoms with Crippen LogP contribution in [0.15, 0.2) is 18.2 Å². The van der Waals surface area contributed by atoms with Gasteiger partial charge in [-0.2, -0.15) is 13.2 Å². The summed E-state index contributed by atoms with van der Waals surface area (Å²) in [5, 5.41) is 5.82. The molecule has 5 nitrogen and oxygen atoms in total. The van der Waals surface area contributed by atoms with Gasteiger partial charge in [-0.25, -0.2) is 9.78 Å². The highest BCUT2D eigenvalue weighted by atomic mass is 35.5. The van der Waals surface area contributed by atoms with Crippen LogP contribution in [-0.2, 0) is 22.6 Å². The van der Waals surface area contributed by atoms with Crippen LogP contribution in [0.2, 0.25) is 10.0 Å². The number of alkyl halides is 3. The van der Waals surface area contributed by atoms with Crippen LogP contribution in [0.5, 0.6) is 11.6 Å². The lowest BCUT2D eigenvalue weighted by atomic mass is 10.2. The number of hydrogen-bond donors (Lipinski definition) is 1. The van der Waals surface area contributed by atoms with Gasteiger partial charge in [-0.05, 0) is 12.1 Å². The molecule has 0 fully saturated rings. The third-order valence-corrected chi connectivity index (χ3v) is 3.03. The molecule has 0 aliphatic carbocycles. The monoisotopic (exact) mass is 356 g/mol. The van der Waals surface area contributed by atoms with Gasteiger partial charge in [0.25, 0.3) is 0 Å². The minimum atomic E-state index is -4.55. The number of benzene rings is 1. The first-order valence-electron chi connectivity index (χ1n) is 5.75. The summed E-state index contributed by atoms with van der Waals surface area (Å²) in [4.78, 5) is 9.10. The average Bonchev–Trinajstić information content (AvgIpc) is 2.87. The number of aromatic nitrogens is 2. The lowest BCUT2D eigenvalue weighted by Gasteiger charge is -2.11. The van der Waals surface area contributed by atoms with Crippen molar-refractivity contribution in [2.24, 2.45) is 0 Å². The molecule has 1 aromatic heterocycles. The summed E-state index contributed by atoms with van der Waals surface area (Å²) in [7, 11) is 1.34. The van der Waals surface area contributed by atoms with Crippen molar-refractivity contribution in [3.05, 3.63) is 39.5 Å². The van der Waals surface area contributed by atoms with E-state index in [-0.39, 0.29) is 28.3 Å². The van der Waals surface area contributed by atoms with Crippen LogP contribution in [0.3, 0.4) is 0 Å². The molecule has 0 radical (unpaired) electrons. The van der Waals surface area contributed by atoms with Gasteiger partial charge in [-0.1, -0.05) is 23.2 Å². The molecule has 1 heterocycles. The summed E-state index contributed by atoms with van der Waals surface area (Å²) in [6, 6.07) is 2.91. The Kier molecular flexibility index (Phi) is 5.17. The van der Waals surface area contributed by atoms with Crippen molar-refractivity contribution >= 4 is 23.2 Å². The molecular weight excluding hydrogens is 348 g/mol. The lowest BCUT2D eigenvalue weighted by Crippen LogP contribution is -2.05. The van der Waals surface area contributed by atoms with E-state index in [0.29, 0.717) is 5.69 Å². The predicted octanol–water partition coefficient (Wildman–Crippen LogP) is 4.61. The van der Waals surface area contributed by atoms with E-state index in [0.717, 1.165) is 12.1 Å². The molecule has 2 aromatic rings. The summed E-state index contributed by atoms with van der Waals surface area (Å²) in [6.45, 7) is 0.0847. The number of halogens is 5. The maximum absolute atomic E-state index is 12.6. The van der Waals surface area contributed by atoms with Crippen LogP contribution >= 0.6 is 23.2 Å². The zero-order valence-electron chi connectivity index (χ0n) is 11.0. The van der Waals surface area contributed by atoms with E-state index in [1.165, 1.54) is 13.2 Å². The number of ether oxygens (including phenoxy) is 1. The predicted molar refractivity (Wildman–Crippen MR) is 71.9 cm³/mol. The third kappa shape index (κ3) is 4.04. The molecule has 2 rings (SSSR count). The van der Waals surface area contributed by atoms with E-state index >= 15 is 0 Å². The molecule has 0 aliphatic heterocycles. The highest BCUT2D eigenvalue weighted by Gasteiger charge is 2.32. The summed E-state index contributed by atoms with van der Waals surface area (Å²) < 4.78 is 43.2. The van der Waals surface area contributed by atoms with E-state index in [1.807, 2.05) is 0 Å². The molecule has 0 amide bonds. The molecular formula is C12H9Cl2F3N2O3. The third-order valence-electron chi connectivity index (χ3n) is 2.47. The number of H-pyrrole nitrogens is 1. The van der Waals surface area contributed by atoms with Gasteiger partial charge >= 0.3 is 6.18 Å². The van der Waals surface area contributed by atoms with Crippen molar-refractivity contribution in [1.82, 2.24) is 10.2 Å². The number of aromatic amines is 1. The largest absolute Gasteiger partial charge is 0.434 e. The maximum Gasteiger partial charge on any atom is 0.416 e. The molecule has 22 heavy (non-hydrogen) atoms. The van der Waals surface area contributed by atoms with Crippen molar-refractivity contribution in [2.75, 3.05) is 7.11 Å². The Labute approximate surface area is 132 Å². The van der Waals surface area contributed by atoms with Gasteiger partial charge in [0, 0.05) is 6.07 Å². The fourth-order valence-corrected chi connectivity index (χ4v) is 2.08. The van der Waals surface area contributed by atoms with Gasteiger partial charge in [0.05, 0.1) is 28.4 Å². The van der Waals surface area contributed by atoms with Gasteiger partial charge in [0.2, 0.25) is 5.88 Å². The zero-order chi connectivity index (χ0) is 16.3. The average molecular weight is 357 g/mol. The highest BCUT2D eigenvalue weighted by Crippen LogP contribution is 2.41. The fraction of sp³-hybridized carbons (Fsp3) is 0.250. The Morgan fingerprint density at radius 2 is 1.82 bits per heavy atom. The molecule has 10 heteroatoms. The minimum absolute atomic E-state index is 0.0678. The maximum atomic E-state index is 12.6. The number of hydrogen-bond acceptors (Lipinski definition) is 4. The number of rotatable bonds is 5. The smallest absolute Gasteiger partial charge is 0.416 e. The van der Waals surface area contributed by atoms with Gasteiger partial charge in [0.15, 0.2) is 5.75 Å². The number of nitrogens with one attached hydrogen (secondary N) is 1. The van der Waals surface area contributed by atoms with E-state index < -0.39 is 11.7 Å². The van der Waals surface area contributed by atoms with Crippen molar-refractivity contribution < 1.29 is 27.7 Å². The van der Waals surface area contributed by atoms with Crippen LogP contribution in [-0.4, -0.2) is 17.3 Å². The molecule has 0 bridgehead atoms. The highest BCUT2D eigenvalue weighted by molar-refractivity contribution is 6.37. The molecule has 0 unspecified atom stereocenters. The molecule has 0 atom stereocenters. The first kappa shape index (κ1) is 16.9. The minimum Gasteiger partial charge on any atom is -0.434 e. The lowest BCUT2D eigenvalue weighted by molar-refractivity contribution is -0.282. The quantitative estimate of drug-likeness (QED) is 0.627. The Balaban J connectivity index is 2.21. The van der Waals surface area contributed by atoms with Gasteiger partial charge < -0.3 is 4.74 Å². The fourth-order valence-electron chi connectivity index (χ4n) is 1.51. The van der Waals surface area contributed by atoms with Crippen LogP contribution in [0.4, 0.5) is 13.2 Å². The molecule has 0 aliphatic rings. The molecule has 0 spiro atoms. The first-order valence-corrected chi connectivity index (χ1v) is 6.51. The normalized spacial score (nSPS) is 11.7. The van der Waals surface area contributed by atoms with Crippen LogP contribution in [0.25, 0.3) is 0 Å². The van der Waals surface area contributed by atoms with Crippen molar-refractivity contribution in [3.63, 3.8) is 0 Å². The molecule has 0 saturated heterocycles. The van der Waals surface area contributed by atoms with Crippen molar-refractivity contribution in [3.8, 4) is 11.6 Å². The van der Waals surface area contributed by atoms with Gasteiger partial charge in [-0.3, -0.25) is 5.10 Å². The molecule has 0 saturated carbocycles.